The van der Waals surface area contributed by atoms with Crippen molar-refractivity contribution in [3.8, 4) is 11.4 Å². The average Bonchev–Trinajstić information content (AvgIpc) is 2.80. The molecule has 3 aromatic rings. The van der Waals surface area contributed by atoms with Gasteiger partial charge in [0.1, 0.15) is 5.65 Å². The minimum Gasteiger partial charge on any atom is -0.290 e. The lowest BCUT2D eigenvalue weighted by Gasteiger charge is -2.11. The van der Waals surface area contributed by atoms with Crippen molar-refractivity contribution in [1.29, 1.82) is 0 Å². The molecule has 1 N–H and O–H groups in total. The maximum absolute atomic E-state index is 13.0. The molecule has 102 valence electrons. The van der Waals surface area contributed by atoms with E-state index in [0.29, 0.717) is 5.65 Å². The summed E-state index contributed by atoms with van der Waals surface area (Å²) in [6.45, 7) is 0. The number of aromatic amines is 1. The second-order valence-corrected chi connectivity index (χ2v) is 4.21. The zero-order chi connectivity index (χ0) is 14.3. The molecule has 20 heavy (non-hydrogen) atoms. The number of pyridine rings is 1. The van der Waals surface area contributed by atoms with E-state index in [1.165, 1.54) is 40.9 Å². The predicted molar refractivity (Wildman–Crippen MR) is 66.3 cm³/mol. The number of alkyl halides is 3. The van der Waals surface area contributed by atoms with Gasteiger partial charge in [-0.3, -0.25) is 14.3 Å². The molecule has 0 aliphatic heterocycles. The Balaban J connectivity index is 2.29. The third-order valence-corrected chi connectivity index (χ3v) is 2.90. The van der Waals surface area contributed by atoms with Gasteiger partial charge in [-0.25, -0.2) is 0 Å². The van der Waals surface area contributed by atoms with Gasteiger partial charge in [0.05, 0.1) is 5.56 Å². The summed E-state index contributed by atoms with van der Waals surface area (Å²) in [5, 5.41) is 6.43. The molecule has 0 bridgehead atoms. The maximum Gasteiger partial charge on any atom is 0.417 e. The first-order chi connectivity index (χ1) is 9.47. The first kappa shape index (κ1) is 12.5. The first-order valence-corrected chi connectivity index (χ1v) is 5.70. The van der Waals surface area contributed by atoms with Crippen LogP contribution in [0.15, 0.2) is 47.4 Å². The van der Waals surface area contributed by atoms with Gasteiger partial charge in [0.15, 0.2) is 11.3 Å². The largest absolute Gasteiger partial charge is 0.417 e. The third-order valence-electron chi connectivity index (χ3n) is 2.90. The highest BCUT2D eigenvalue weighted by Crippen LogP contribution is 2.36. The van der Waals surface area contributed by atoms with E-state index in [1.54, 1.807) is 0 Å². The zero-order valence-electron chi connectivity index (χ0n) is 9.98. The van der Waals surface area contributed by atoms with E-state index in [1.807, 2.05) is 0 Å². The molecule has 7 heteroatoms. The summed E-state index contributed by atoms with van der Waals surface area (Å²) in [5.41, 5.74) is -0.726. The van der Waals surface area contributed by atoms with Gasteiger partial charge in [-0.15, -0.1) is 0 Å². The standard InChI is InChI=1S/C13H8F3N3O/c14-13(15,16)10-4-2-1-3-9(10)12-18-17-11-7-8(20)5-6-19(11)12/h1-7,17H. The minimum atomic E-state index is -4.47. The molecule has 0 aliphatic carbocycles. The molecule has 4 nitrogen and oxygen atoms in total. The molecular formula is C13H8F3N3O. The van der Waals surface area contributed by atoms with Gasteiger partial charge in [0.25, 0.3) is 0 Å². The van der Waals surface area contributed by atoms with Crippen LogP contribution in [0.25, 0.3) is 17.0 Å². The highest BCUT2D eigenvalue weighted by Gasteiger charge is 2.34. The van der Waals surface area contributed by atoms with Gasteiger partial charge < -0.3 is 0 Å². The summed E-state index contributed by atoms with van der Waals surface area (Å²) in [7, 11) is 0. The summed E-state index contributed by atoms with van der Waals surface area (Å²) < 4.78 is 40.4. The lowest BCUT2D eigenvalue weighted by atomic mass is 10.1. The molecule has 0 atom stereocenters. The van der Waals surface area contributed by atoms with Crippen molar-refractivity contribution in [3.63, 3.8) is 0 Å². The van der Waals surface area contributed by atoms with Crippen molar-refractivity contribution in [1.82, 2.24) is 14.6 Å². The molecule has 0 radical (unpaired) electrons. The molecule has 0 fully saturated rings. The Hall–Kier alpha value is -2.57. The highest BCUT2D eigenvalue weighted by atomic mass is 19.4. The Morgan fingerprint density at radius 3 is 2.65 bits per heavy atom. The van der Waals surface area contributed by atoms with Crippen molar-refractivity contribution in [2.75, 3.05) is 0 Å². The van der Waals surface area contributed by atoms with E-state index in [2.05, 4.69) is 10.2 Å². The van der Waals surface area contributed by atoms with Crippen molar-refractivity contribution in [3.05, 3.63) is 58.4 Å². The lowest BCUT2D eigenvalue weighted by Crippen LogP contribution is -2.08. The van der Waals surface area contributed by atoms with E-state index in [0.717, 1.165) is 6.07 Å². The minimum absolute atomic E-state index is 0.0464. The number of benzene rings is 1. The Labute approximate surface area is 110 Å². The summed E-state index contributed by atoms with van der Waals surface area (Å²) in [6.07, 6.45) is -3.08. The Kier molecular flexibility index (Phi) is 2.63. The molecule has 3 rings (SSSR count). The van der Waals surface area contributed by atoms with Crippen LogP contribution in [-0.4, -0.2) is 14.6 Å². The van der Waals surface area contributed by atoms with Crippen LogP contribution in [0.5, 0.6) is 0 Å². The molecule has 0 aliphatic rings. The zero-order valence-corrected chi connectivity index (χ0v) is 9.98. The molecule has 2 heterocycles. The molecule has 0 saturated heterocycles. The van der Waals surface area contributed by atoms with Crippen LogP contribution in [0.2, 0.25) is 0 Å². The van der Waals surface area contributed by atoms with E-state index in [-0.39, 0.29) is 16.8 Å². The second-order valence-electron chi connectivity index (χ2n) is 4.21. The molecule has 1 aromatic carbocycles. The van der Waals surface area contributed by atoms with Crippen LogP contribution in [0, 0.1) is 0 Å². The number of H-pyrrole nitrogens is 1. The van der Waals surface area contributed by atoms with Crippen molar-refractivity contribution >= 4 is 5.65 Å². The maximum atomic E-state index is 13.0. The fraction of sp³-hybridized carbons (Fsp3) is 0.0769. The Morgan fingerprint density at radius 1 is 1.15 bits per heavy atom. The van der Waals surface area contributed by atoms with Gasteiger partial charge in [-0.05, 0) is 6.07 Å². The SMILES string of the molecule is O=c1ccn2c(-c3ccccc3C(F)(F)F)n[nH]c2c1. The van der Waals surface area contributed by atoms with E-state index in [4.69, 9.17) is 0 Å². The second kappa shape index (κ2) is 4.22. The first-order valence-electron chi connectivity index (χ1n) is 5.70. The number of nitrogens with one attached hydrogen (secondary N) is 1. The molecule has 2 aromatic heterocycles. The van der Waals surface area contributed by atoms with Crippen LogP contribution in [0.3, 0.4) is 0 Å². The smallest absolute Gasteiger partial charge is 0.290 e. The highest BCUT2D eigenvalue weighted by molar-refractivity contribution is 5.64. The van der Waals surface area contributed by atoms with Gasteiger partial charge in [0, 0.05) is 23.9 Å². The van der Waals surface area contributed by atoms with Crippen LogP contribution < -0.4 is 5.43 Å². The van der Waals surface area contributed by atoms with Crippen molar-refractivity contribution in [2.24, 2.45) is 0 Å². The van der Waals surface area contributed by atoms with E-state index in [9.17, 15) is 18.0 Å². The summed E-state index contributed by atoms with van der Waals surface area (Å²) >= 11 is 0. The summed E-state index contributed by atoms with van der Waals surface area (Å²) in [5.74, 6) is 0.105. The number of nitrogens with zero attached hydrogens (tertiary/aromatic N) is 2. The quantitative estimate of drug-likeness (QED) is 0.744. The van der Waals surface area contributed by atoms with Crippen molar-refractivity contribution < 1.29 is 13.2 Å². The van der Waals surface area contributed by atoms with Gasteiger partial charge in [0.2, 0.25) is 0 Å². The Bertz CT molecular complexity index is 832. The van der Waals surface area contributed by atoms with Crippen LogP contribution in [0.4, 0.5) is 13.2 Å². The van der Waals surface area contributed by atoms with E-state index < -0.39 is 11.7 Å². The van der Waals surface area contributed by atoms with E-state index >= 15 is 0 Å². The number of rotatable bonds is 1. The molecule has 0 saturated carbocycles. The van der Waals surface area contributed by atoms with Gasteiger partial charge >= 0.3 is 6.18 Å². The van der Waals surface area contributed by atoms with Crippen LogP contribution in [-0.2, 0) is 6.18 Å². The molecule has 0 spiro atoms. The monoisotopic (exact) mass is 279 g/mol. The topological polar surface area (TPSA) is 50.2 Å². The third kappa shape index (κ3) is 1.97. The Morgan fingerprint density at radius 2 is 1.90 bits per heavy atom. The number of halogens is 3. The number of aromatic nitrogens is 3. The fourth-order valence-electron chi connectivity index (χ4n) is 2.03. The number of hydrogen-bond donors (Lipinski definition) is 1. The number of hydrogen-bond acceptors (Lipinski definition) is 2. The molecule has 0 unspecified atom stereocenters. The van der Waals surface area contributed by atoms with Gasteiger partial charge in [-0.1, -0.05) is 18.2 Å². The lowest BCUT2D eigenvalue weighted by molar-refractivity contribution is -0.137. The van der Waals surface area contributed by atoms with Gasteiger partial charge in [-0.2, -0.15) is 18.3 Å². The summed E-state index contributed by atoms with van der Waals surface area (Å²) in [6, 6.07) is 7.71. The molecule has 0 amide bonds. The fourth-order valence-corrected chi connectivity index (χ4v) is 2.03. The van der Waals surface area contributed by atoms with Crippen LogP contribution in [0.1, 0.15) is 5.56 Å². The van der Waals surface area contributed by atoms with Crippen LogP contribution >= 0.6 is 0 Å². The molecular weight excluding hydrogens is 271 g/mol. The summed E-state index contributed by atoms with van der Waals surface area (Å²) in [4.78, 5) is 11.2. The average molecular weight is 279 g/mol. The van der Waals surface area contributed by atoms with Crippen molar-refractivity contribution in [2.45, 2.75) is 6.18 Å². The normalized spacial score (nSPS) is 11.9. The number of fused-ring (bicyclic) bond motifs is 1. The predicted octanol–water partition coefficient (Wildman–Crippen LogP) is 2.71.